The molecule has 0 spiro atoms. The molecule has 2 heterocycles. The van der Waals surface area contributed by atoms with Gasteiger partial charge in [-0.3, -0.25) is 24.6 Å². The van der Waals surface area contributed by atoms with Gasteiger partial charge in [0.1, 0.15) is 11.4 Å². The minimum Gasteiger partial charge on any atom is -0.497 e. The lowest BCUT2D eigenvalue weighted by molar-refractivity contribution is -0.384. The highest BCUT2D eigenvalue weighted by Gasteiger charge is 2.41. The van der Waals surface area contributed by atoms with E-state index in [0.29, 0.717) is 42.3 Å². The van der Waals surface area contributed by atoms with E-state index in [9.17, 15) is 19.7 Å². The van der Waals surface area contributed by atoms with Crippen molar-refractivity contribution in [2.45, 2.75) is 26.2 Å². The van der Waals surface area contributed by atoms with Gasteiger partial charge in [0.15, 0.2) is 0 Å². The van der Waals surface area contributed by atoms with Crippen molar-refractivity contribution in [3.05, 3.63) is 75.5 Å². The van der Waals surface area contributed by atoms with Crippen molar-refractivity contribution in [1.29, 1.82) is 0 Å². The molecule has 2 amide bonds. The number of piperidine rings is 1. The van der Waals surface area contributed by atoms with Gasteiger partial charge in [-0.25, -0.2) is 0 Å². The molecule has 8 heteroatoms. The summed E-state index contributed by atoms with van der Waals surface area (Å²) in [6.07, 6.45) is 2.42. The lowest BCUT2D eigenvalue weighted by Gasteiger charge is -2.32. The summed E-state index contributed by atoms with van der Waals surface area (Å²) in [7, 11) is 1.60. The van der Waals surface area contributed by atoms with E-state index in [1.54, 1.807) is 19.2 Å². The van der Waals surface area contributed by atoms with Crippen molar-refractivity contribution >= 4 is 23.1 Å². The van der Waals surface area contributed by atoms with Gasteiger partial charge in [-0.05, 0) is 60.6 Å². The van der Waals surface area contributed by atoms with E-state index >= 15 is 0 Å². The molecule has 2 aromatic rings. The van der Waals surface area contributed by atoms with Crippen LogP contribution in [0.4, 0.5) is 5.69 Å². The molecule has 1 saturated heterocycles. The third kappa shape index (κ3) is 4.60. The third-order valence-electron chi connectivity index (χ3n) is 6.39. The molecule has 0 aromatic heterocycles. The summed E-state index contributed by atoms with van der Waals surface area (Å²) in [5.41, 5.74) is 2.21. The molecule has 4 rings (SSSR count). The van der Waals surface area contributed by atoms with Crippen molar-refractivity contribution in [3.63, 3.8) is 0 Å². The Morgan fingerprint density at radius 3 is 2.21 bits per heavy atom. The molecule has 1 fully saturated rings. The second-order valence-electron chi connectivity index (χ2n) is 8.56. The molecular weight excluding hydrogens is 422 g/mol. The highest BCUT2D eigenvalue weighted by atomic mass is 16.6. The number of non-ortho nitro benzene ring substituents is 1. The number of ether oxygens (including phenoxy) is 1. The Bertz CT molecular complexity index is 1080. The summed E-state index contributed by atoms with van der Waals surface area (Å²) < 4.78 is 5.18. The predicted molar refractivity (Wildman–Crippen MR) is 123 cm³/mol. The standard InChI is InChI=1S/C25H27N3O5/c1-17-11-14-26(15-12-17)23-22(19-5-7-20(8-6-19)28(31)32)24(29)27(25(23)30)16-13-18-3-9-21(33-2)10-4-18/h3-10,17H,11-16H2,1-2H3. The summed E-state index contributed by atoms with van der Waals surface area (Å²) in [5.74, 6) is 0.672. The molecule has 0 N–H and O–H groups in total. The Labute approximate surface area is 192 Å². The number of benzene rings is 2. The van der Waals surface area contributed by atoms with Crippen molar-refractivity contribution in [3.8, 4) is 5.75 Å². The monoisotopic (exact) mass is 449 g/mol. The molecule has 8 nitrogen and oxygen atoms in total. The maximum absolute atomic E-state index is 13.5. The normalized spacial score (nSPS) is 17.2. The molecule has 0 atom stereocenters. The number of hydrogen-bond acceptors (Lipinski definition) is 6. The zero-order valence-corrected chi connectivity index (χ0v) is 18.8. The first-order chi connectivity index (χ1) is 15.9. The van der Waals surface area contributed by atoms with Crippen LogP contribution in [0.1, 0.15) is 30.9 Å². The van der Waals surface area contributed by atoms with E-state index in [1.807, 2.05) is 29.2 Å². The fourth-order valence-electron chi connectivity index (χ4n) is 4.34. The summed E-state index contributed by atoms with van der Waals surface area (Å²) in [4.78, 5) is 40.8. The number of methoxy groups -OCH3 is 1. The van der Waals surface area contributed by atoms with Gasteiger partial charge in [0, 0.05) is 31.8 Å². The van der Waals surface area contributed by atoms with Crippen LogP contribution in [0.3, 0.4) is 0 Å². The first kappa shape index (κ1) is 22.5. The van der Waals surface area contributed by atoms with Gasteiger partial charge in [-0.15, -0.1) is 0 Å². The highest BCUT2D eigenvalue weighted by Crippen LogP contribution is 2.34. The van der Waals surface area contributed by atoms with Gasteiger partial charge in [-0.1, -0.05) is 19.1 Å². The lowest BCUT2D eigenvalue weighted by Crippen LogP contribution is -2.39. The summed E-state index contributed by atoms with van der Waals surface area (Å²) in [5, 5.41) is 11.1. The Kier molecular flexibility index (Phi) is 6.44. The van der Waals surface area contributed by atoms with Crippen LogP contribution in [0.25, 0.3) is 5.57 Å². The van der Waals surface area contributed by atoms with Crippen LogP contribution in [0.2, 0.25) is 0 Å². The molecular formula is C25H27N3O5. The van der Waals surface area contributed by atoms with Gasteiger partial charge >= 0.3 is 0 Å². The Morgan fingerprint density at radius 1 is 1.00 bits per heavy atom. The second-order valence-corrected chi connectivity index (χ2v) is 8.56. The second kappa shape index (κ2) is 9.44. The smallest absolute Gasteiger partial charge is 0.277 e. The van der Waals surface area contributed by atoms with Gasteiger partial charge < -0.3 is 9.64 Å². The molecule has 2 aromatic carbocycles. The molecule has 2 aliphatic heterocycles. The van der Waals surface area contributed by atoms with Crippen LogP contribution in [-0.4, -0.2) is 53.3 Å². The predicted octanol–water partition coefficient (Wildman–Crippen LogP) is 3.66. The summed E-state index contributed by atoms with van der Waals surface area (Å²) in [6, 6.07) is 13.4. The van der Waals surface area contributed by atoms with Gasteiger partial charge in [-0.2, -0.15) is 0 Å². The van der Waals surface area contributed by atoms with E-state index in [1.165, 1.54) is 17.0 Å². The van der Waals surface area contributed by atoms with Gasteiger partial charge in [0.2, 0.25) is 0 Å². The molecule has 33 heavy (non-hydrogen) atoms. The fraction of sp³-hybridized carbons (Fsp3) is 0.360. The van der Waals surface area contributed by atoms with Crippen LogP contribution in [-0.2, 0) is 16.0 Å². The van der Waals surface area contributed by atoms with E-state index < -0.39 is 4.92 Å². The zero-order chi connectivity index (χ0) is 23.5. The largest absolute Gasteiger partial charge is 0.497 e. The zero-order valence-electron chi connectivity index (χ0n) is 18.8. The number of carbonyl (C=O) groups is 2. The number of imide groups is 1. The number of nitrogens with zero attached hydrogens (tertiary/aromatic N) is 3. The van der Waals surface area contributed by atoms with Crippen LogP contribution >= 0.6 is 0 Å². The maximum Gasteiger partial charge on any atom is 0.277 e. The molecule has 0 unspecified atom stereocenters. The van der Waals surface area contributed by atoms with Gasteiger partial charge in [0.05, 0.1) is 17.6 Å². The van der Waals surface area contributed by atoms with Crippen molar-refractivity contribution in [2.75, 3.05) is 26.7 Å². The maximum atomic E-state index is 13.5. The van der Waals surface area contributed by atoms with Crippen molar-refractivity contribution in [1.82, 2.24) is 9.80 Å². The summed E-state index contributed by atoms with van der Waals surface area (Å²) >= 11 is 0. The van der Waals surface area contributed by atoms with Crippen LogP contribution in [0.15, 0.2) is 54.2 Å². The topological polar surface area (TPSA) is 93.0 Å². The minimum atomic E-state index is -0.478. The number of likely N-dealkylation sites (tertiary alicyclic amines) is 1. The lowest BCUT2D eigenvalue weighted by atomic mass is 9.97. The number of hydrogen-bond donors (Lipinski definition) is 0. The van der Waals surface area contributed by atoms with E-state index in [4.69, 9.17) is 4.74 Å². The average molecular weight is 450 g/mol. The number of amides is 2. The molecule has 2 aliphatic rings. The summed E-state index contributed by atoms with van der Waals surface area (Å²) in [6.45, 7) is 3.86. The van der Waals surface area contributed by atoms with Crippen LogP contribution in [0, 0.1) is 16.0 Å². The number of rotatable bonds is 7. The average Bonchev–Trinajstić information content (AvgIpc) is 3.08. The number of nitro groups is 1. The SMILES string of the molecule is COc1ccc(CCN2C(=O)C(c3ccc([N+](=O)[O-])cc3)=C(N3CCC(C)CC3)C2=O)cc1. The van der Waals surface area contributed by atoms with Gasteiger partial charge in [0.25, 0.3) is 17.5 Å². The van der Waals surface area contributed by atoms with Crippen LogP contribution < -0.4 is 4.74 Å². The highest BCUT2D eigenvalue weighted by molar-refractivity contribution is 6.35. The van der Waals surface area contributed by atoms with E-state index in [2.05, 4.69) is 6.92 Å². The number of nitro benzene ring substituents is 1. The Morgan fingerprint density at radius 2 is 1.64 bits per heavy atom. The third-order valence-corrected chi connectivity index (χ3v) is 6.39. The minimum absolute atomic E-state index is 0.0548. The Hall–Kier alpha value is -3.68. The van der Waals surface area contributed by atoms with Crippen molar-refractivity contribution in [2.24, 2.45) is 5.92 Å². The first-order valence-corrected chi connectivity index (χ1v) is 11.1. The quantitative estimate of drug-likeness (QED) is 0.364. The van der Waals surface area contributed by atoms with E-state index in [-0.39, 0.29) is 24.0 Å². The molecule has 0 bridgehead atoms. The fourth-order valence-corrected chi connectivity index (χ4v) is 4.34. The number of carbonyl (C=O) groups excluding carboxylic acids is 2. The molecule has 0 aliphatic carbocycles. The van der Waals surface area contributed by atoms with Crippen LogP contribution in [0.5, 0.6) is 5.75 Å². The van der Waals surface area contributed by atoms with E-state index in [0.717, 1.165) is 24.2 Å². The molecule has 0 radical (unpaired) electrons. The molecule has 172 valence electrons. The molecule has 0 saturated carbocycles. The first-order valence-electron chi connectivity index (χ1n) is 11.1. The Balaban J connectivity index is 1.62. The van der Waals surface area contributed by atoms with Crippen molar-refractivity contribution < 1.29 is 19.2 Å².